The highest BCUT2D eigenvalue weighted by Crippen LogP contribution is 2.31. The summed E-state index contributed by atoms with van der Waals surface area (Å²) in [5.74, 6) is -0.492. The zero-order chi connectivity index (χ0) is 22.0. The number of allylic oxidation sites excluding steroid dienone is 1. The summed E-state index contributed by atoms with van der Waals surface area (Å²) in [5.41, 5.74) is 1.82. The van der Waals surface area contributed by atoms with E-state index in [1.807, 2.05) is 42.5 Å². The van der Waals surface area contributed by atoms with Crippen molar-refractivity contribution >= 4 is 44.4 Å². The summed E-state index contributed by atoms with van der Waals surface area (Å²) in [5, 5.41) is 11.7. The van der Waals surface area contributed by atoms with E-state index in [-0.39, 0.29) is 11.3 Å². The number of carbonyl (C=O) groups is 1. The second kappa shape index (κ2) is 8.49. The molecule has 6 nitrogen and oxygen atoms in total. The summed E-state index contributed by atoms with van der Waals surface area (Å²) < 4.78 is 0.815. The summed E-state index contributed by atoms with van der Waals surface area (Å²) in [6.45, 7) is 0. The zero-order valence-electron chi connectivity index (χ0n) is 16.0. The van der Waals surface area contributed by atoms with Crippen LogP contribution in [-0.4, -0.2) is 15.7 Å². The monoisotopic (exact) mass is 474 g/mol. The highest BCUT2D eigenvalue weighted by Gasteiger charge is 2.19. The first kappa shape index (κ1) is 20.4. The number of nitrogens with one attached hydrogen (secondary N) is 1. The molecule has 0 unspecified atom stereocenters. The third kappa shape index (κ3) is 4.22. The van der Waals surface area contributed by atoms with Crippen LogP contribution < -0.4 is 5.56 Å². The second-order valence-electron chi connectivity index (χ2n) is 6.81. The SMILES string of the molecule is O=C(/C=C/c1cccc([N+](=O)[O-])c1)c1c(-c2ccccc2)c2cc(Br)ccc2[nH]c1=O. The Morgan fingerprint density at radius 2 is 1.77 bits per heavy atom. The normalized spacial score (nSPS) is 11.1. The van der Waals surface area contributed by atoms with Crippen LogP contribution in [0.4, 0.5) is 5.69 Å². The number of fused-ring (bicyclic) bond motifs is 1. The molecule has 1 aromatic heterocycles. The molecule has 7 heteroatoms. The van der Waals surface area contributed by atoms with Gasteiger partial charge in [0.1, 0.15) is 0 Å². The molecule has 0 aliphatic heterocycles. The highest BCUT2D eigenvalue weighted by atomic mass is 79.9. The fourth-order valence-corrected chi connectivity index (χ4v) is 3.76. The van der Waals surface area contributed by atoms with Crippen LogP contribution in [0, 0.1) is 10.1 Å². The van der Waals surface area contributed by atoms with E-state index in [4.69, 9.17) is 0 Å². The molecular formula is C24H15BrN2O4. The van der Waals surface area contributed by atoms with Crippen molar-refractivity contribution in [2.75, 3.05) is 0 Å². The molecule has 0 amide bonds. The molecule has 3 aromatic carbocycles. The number of nitro benzene ring substituents is 1. The first-order chi connectivity index (χ1) is 14.9. The Morgan fingerprint density at radius 3 is 2.52 bits per heavy atom. The van der Waals surface area contributed by atoms with Crippen molar-refractivity contribution in [2.24, 2.45) is 0 Å². The van der Waals surface area contributed by atoms with Crippen molar-refractivity contribution < 1.29 is 9.72 Å². The summed E-state index contributed by atoms with van der Waals surface area (Å²) in [6, 6.07) is 20.6. The van der Waals surface area contributed by atoms with E-state index in [0.717, 1.165) is 15.4 Å². The lowest BCUT2D eigenvalue weighted by atomic mass is 9.94. The second-order valence-corrected chi connectivity index (χ2v) is 7.73. The number of non-ortho nitro benzene ring substituents is 1. The van der Waals surface area contributed by atoms with Gasteiger partial charge >= 0.3 is 0 Å². The van der Waals surface area contributed by atoms with Crippen molar-refractivity contribution in [3.63, 3.8) is 0 Å². The maximum atomic E-state index is 13.1. The van der Waals surface area contributed by atoms with E-state index in [0.29, 0.717) is 16.6 Å². The molecule has 0 aliphatic carbocycles. The van der Waals surface area contributed by atoms with Crippen LogP contribution in [0.25, 0.3) is 28.1 Å². The number of rotatable bonds is 5. The number of hydrogen-bond acceptors (Lipinski definition) is 4. The number of hydrogen-bond donors (Lipinski definition) is 1. The van der Waals surface area contributed by atoms with Crippen LogP contribution >= 0.6 is 15.9 Å². The van der Waals surface area contributed by atoms with Crippen molar-refractivity contribution in [1.82, 2.24) is 4.98 Å². The van der Waals surface area contributed by atoms with Gasteiger partial charge < -0.3 is 4.98 Å². The number of aromatic nitrogens is 1. The maximum Gasteiger partial charge on any atom is 0.270 e. The van der Waals surface area contributed by atoms with Gasteiger partial charge in [-0.1, -0.05) is 64.5 Å². The number of aromatic amines is 1. The Balaban J connectivity index is 1.88. The van der Waals surface area contributed by atoms with Crippen molar-refractivity contribution in [3.8, 4) is 11.1 Å². The Hall–Kier alpha value is -3.84. The standard InChI is InChI=1S/C24H15BrN2O4/c25-17-10-11-20-19(14-17)22(16-6-2-1-3-7-16)23(24(29)26-20)21(28)12-9-15-5-4-8-18(13-15)27(30)31/h1-14H,(H,26,29)/b12-9+. The van der Waals surface area contributed by atoms with Gasteiger partial charge in [-0.25, -0.2) is 0 Å². The van der Waals surface area contributed by atoms with Crippen LogP contribution in [0.15, 0.2) is 88.1 Å². The lowest BCUT2D eigenvalue weighted by molar-refractivity contribution is -0.384. The molecule has 0 saturated heterocycles. The van der Waals surface area contributed by atoms with E-state index in [2.05, 4.69) is 20.9 Å². The van der Waals surface area contributed by atoms with E-state index in [1.54, 1.807) is 12.1 Å². The third-order valence-electron chi connectivity index (χ3n) is 4.79. The minimum absolute atomic E-state index is 0.0125. The van der Waals surface area contributed by atoms with Crippen molar-refractivity contribution in [3.05, 3.63) is 115 Å². The number of H-pyrrole nitrogens is 1. The minimum Gasteiger partial charge on any atom is -0.321 e. The molecule has 0 radical (unpaired) electrons. The largest absolute Gasteiger partial charge is 0.321 e. The fraction of sp³-hybridized carbons (Fsp3) is 0. The lowest BCUT2D eigenvalue weighted by Crippen LogP contribution is -2.18. The molecule has 0 bridgehead atoms. The smallest absolute Gasteiger partial charge is 0.270 e. The highest BCUT2D eigenvalue weighted by molar-refractivity contribution is 9.10. The van der Waals surface area contributed by atoms with Gasteiger partial charge in [0, 0.05) is 33.1 Å². The van der Waals surface area contributed by atoms with Gasteiger partial charge in [0.15, 0.2) is 5.78 Å². The minimum atomic E-state index is -0.501. The molecule has 152 valence electrons. The molecule has 0 aliphatic rings. The molecule has 31 heavy (non-hydrogen) atoms. The van der Waals surface area contributed by atoms with Gasteiger partial charge in [-0.2, -0.15) is 0 Å². The Morgan fingerprint density at radius 1 is 1.00 bits per heavy atom. The average molecular weight is 475 g/mol. The molecule has 0 atom stereocenters. The first-order valence-electron chi connectivity index (χ1n) is 9.32. The predicted molar refractivity (Wildman–Crippen MR) is 124 cm³/mol. The number of ketones is 1. The molecule has 0 saturated carbocycles. The van der Waals surface area contributed by atoms with Gasteiger partial charge in [-0.15, -0.1) is 0 Å². The lowest BCUT2D eigenvalue weighted by Gasteiger charge is -2.11. The number of nitrogens with zero attached hydrogens (tertiary/aromatic N) is 1. The molecule has 4 rings (SSSR count). The summed E-state index contributed by atoms with van der Waals surface area (Å²) in [6.07, 6.45) is 2.73. The predicted octanol–water partition coefficient (Wildman–Crippen LogP) is 5.76. The van der Waals surface area contributed by atoms with E-state index >= 15 is 0 Å². The number of carbonyl (C=O) groups excluding carboxylic acids is 1. The van der Waals surface area contributed by atoms with Crippen molar-refractivity contribution in [2.45, 2.75) is 0 Å². The Bertz CT molecular complexity index is 1410. The number of benzene rings is 3. The molecule has 0 fully saturated rings. The zero-order valence-corrected chi connectivity index (χ0v) is 17.6. The van der Waals surface area contributed by atoms with Gasteiger partial charge in [0.25, 0.3) is 11.2 Å². The van der Waals surface area contributed by atoms with Crippen LogP contribution in [-0.2, 0) is 0 Å². The van der Waals surface area contributed by atoms with Gasteiger partial charge in [0.2, 0.25) is 0 Å². The number of halogens is 1. The van der Waals surface area contributed by atoms with E-state index in [1.165, 1.54) is 30.4 Å². The molecular weight excluding hydrogens is 460 g/mol. The van der Waals surface area contributed by atoms with E-state index < -0.39 is 16.3 Å². The third-order valence-corrected chi connectivity index (χ3v) is 5.29. The fourth-order valence-electron chi connectivity index (χ4n) is 3.40. The van der Waals surface area contributed by atoms with Gasteiger partial charge in [-0.3, -0.25) is 19.7 Å². The Labute approximate surface area is 185 Å². The van der Waals surface area contributed by atoms with Gasteiger partial charge in [-0.05, 0) is 35.4 Å². The van der Waals surface area contributed by atoms with Crippen LogP contribution in [0.3, 0.4) is 0 Å². The summed E-state index contributed by atoms with van der Waals surface area (Å²) >= 11 is 3.45. The van der Waals surface area contributed by atoms with Crippen LogP contribution in [0.5, 0.6) is 0 Å². The number of pyridine rings is 1. The van der Waals surface area contributed by atoms with Crippen molar-refractivity contribution in [1.29, 1.82) is 0 Å². The molecule has 4 aromatic rings. The molecule has 1 heterocycles. The Kier molecular flexibility index (Phi) is 5.60. The van der Waals surface area contributed by atoms with Gasteiger partial charge in [0.05, 0.1) is 10.5 Å². The quantitative estimate of drug-likeness (QED) is 0.172. The number of nitro groups is 1. The topological polar surface area (TPSA) is 93.1 Å². The van der Waals surface area contributed by atoms with Crippen LogP contribution in [0.2, 0.25) is 0 Å². The summed E-state index contributed by atoms with van der Waals surface area (Å²) in [4.78, 5) is 39.3. The summed E-state index contributed by atoms with van der Waals surface area (Å²) in [7, 11) is 0. The maximum absolute atomic E-state index is 13.1. The average Bonchev–Trinajstić information content (AvgIpc) is 2.77. The first-order valence-corrected chi connectivity index (χ1v) is 10.1. The molecule has 0 spiro atoms. The van der Waals surface area contributed by atoms with E-state index in [9.17, 15) is 19.7 Å². The van der Waals surface area contributed by atoms with Crippen LogP contribution in [0.1, 0.15) is 15.9 Å². The molecule has 1 N–H and O–H groups in total.